The van der Waals surface area contributed by atoms with Gasteiger partial charge in [0.25, 0.3) is 0 Å². The number of rotatable bonds is 0. The Morgan fingerprint density at radius 3 is 2.88 bits per heavy atom. The second-order valence-electron chi connectivity index (χ2n) is 1.58. The minimum Gasteiger partial charge on any atom is -0.387 e. The summed E-state index contributed by atoms with van der Waals surface area (Å²) < 4.78 is 0. The molecular weight excluding hydrogens is 120 g/mol. The standard InChI is InChI=1S/C5H6N2S/c6-5-3-4(8)1-2-7-5/h1-2H,3H2,(H2,6,7). The molecular formula is C5H6N2S. The number of amidine groups is 1. The van der Waals surface area contributed by atoms with Gasteiger partial charge in [-0.2, -0.15) is 0 Å². The molecule has 0 atom stereocenters. The third-order valence-electron chi connectivity index (χ3n) is 0.856. The van der Waals surface area contributed by atoms with E-state index in [1.165, 1.54) is 0 Å². The van der Waals surface area contributed by atoms with Crippen LogP contribution in [0.2, 0.25) is 0 Å². The van der Waals surface area contributed by atoms with Crippen LogP contribution in [0.1, 0.15) is 6.42 Å². The summed E-state index contributed by atoms with van der Waals surface area (Å²) in [7, 11) is 0. The van der Waals surface area contributed by atoms with Gasteiger partial charge in [0.1, 0.15) is 5.84 Å². The molecule has 0 radical (unpaired) electrons. The summed E-state index contributed by atoms with van der Waals surface area (Å²) in [5, 5.41) is 0. The first-order valence-electron chi connectivity index (χ1n) is 2.30. The molecule has 1 aliphatic rings. The second kappa shape index (κ2) is 2.05. The van der Waals surface area contributed by atoms with Gasteiger partial charge in [-0.05, 0) is 6.08 Å². The Morgan fingerprint density at radius 2 is 2.50 bits per heavy atom. The van der Waals surface area contributed by atoms with E-state index in [4.69, 9.17) is 18.0 Å². The van der Waals surface area contributed by atoms with Crippen molar-refractivity contribution in [3.63, 3.8) is 0 Å². The molecule has 0 fully saturated rings. The van der Waals surface area contributed by atoms with Gasteiger partial charge in [0, 0.05) is 17.5 Å². The lowest BCUT2D eigenvalue weighted by Gasteiger charge is -2.00. The van der Waals surface area contributed by atoms with Crippen LogP contribution in [-0.4, -0.2) is 10.7 Å². The van der Waals surface area contributed by atoms with Gasteiger partial charge in [0.05, 0.1) is 0 Å². The summed E-state index contributed by atoms with van der Waals surface area (Å²) >= 11 is 4.84. The van der Waals surface area contributed by atoms with Crippen molar-refractivity contribution in [3.8, 4) is 0 Å². The number of nitrogens with zero attached hydrogens (tertiary/aromatic N) is 1. The highest BCUT2D eigenvalue weighted by Crippen LogP contribution is 1.96. The van der Waals surface area contributed by atoms with E-state index in [0.29, 0.717) is 12.3 Å². The molecule has 1 aliphatic heterocycles. The predicted molar refractivity (Wildman–Crippen MR) is 38.0 cm³/mol. The monoisotopic (exact) mass is 126 g/mol. The molecule has 2 N–H and O–H groups in total. The third-order valence-corrected chi connectivity index (χ3v) is 1.14. The minimum atomic E-state index is 0.609. The van der Waals surface area contributed by atoms with Crippen molar-refractivity contribution < 1.29 is 0 Å². The number of hydrogen-bond acceptors (Lipinski definition) is 3. The molecule has 0 aliphatic carbocycles. The van der Waals surface area contributed by atoms with Crippen molar-refractivity contribution in [3.05, 3.63) is 12.3 Å². The summed E-state index contributed by atoms with van der Waals surface area (Å²) in [6, 6.07) is 0. The van der Waals surface area contributed by atoms with Gasteiger partial charge in [0.2, 0.25) is 0 Å². The van der Waals surface area contributed by atoms with Gasteiger partial charge in [0.15, 0.2) is 0 Å². The molecule has 0 aromatic heterocycles. The Morgan fingerprint density at radius 1 is 1.75 bits per heavy atom. The number of hydrogen-bond donors (Lipinski definition) is 1. The highest BCUT2D eigenvalue weighted by Gasteiger charge is 1.98. The highest BCUT2D eigenvalue weighted by molar-refractivity contribution is 7.80. The van der Waals surface area contributed by atoms with Crippen LogP contribution in [0.25, 0.3) is 0 Å². The largest absolute Gasteiger partial charge is 0.387 e. The molecule has 1 heterocycles. The lowest BCUT2D eigenvalue weighted by molar-refractivity contribution is 1.39. The summed E-state index contributed by atoms with van der Waals surface area (Å²) in [6.07, 6.45) is 4.05. The molecule has 1 rings (SSSR count). The maximum atomic E-state index is 5.34. The molecule has 0 spiro atoms. The van der Waals surface area contributed by atoms with E-state index < -0.39 is 0 Å². The molecule has 42 valence electrons. The lowest BCUT2D eigenvalue weighted by Crippen LogP contribution is -2.16. The van der Waals surface area contributed by atoms with Gasteiger partial charge in [-0.15, -0.1) is 0 Å². The summed E-state index contributed by atoms with van der Waals surface area (Å²) in [5.41, 5.74) is 5.34. The molecule has 0 aromatic rings. The van der Waals surface area contributed by atoms with Crippen LogP contribution in [0.4, 0.5) is 0 Å². The number of thiocarbonyl (C=S) groups is 1. The summed E-state index contributed by atoms with van der Waals surface area (Å²) in [4.78, 5) is 4.67. The van der Waals surface area contributed by atoms with Crippen molar-refractivity contribution in [1.29, 1.82) is 0 Å². The van der Waals surface area contributed by atoms with E-state index in [1.807, 2.05) is 0 Å². The van der Waals surface area contributed by atoms with E-state index >= 15 is 0 Å². The molecule has 0 aromatic carbocycles. The quantitative estimate of drug-likeness (QED) is 0.483. The van der Waals surface area contributed by atoms with Crippen molar-refractivity contribution >= 4 is 22.9 Å². The average molecular weight is 126 g/mol. The summed E-state index contributed by atoms with van der Waals surface area (Å²) in [6.45, 7) is 0. The van der Waals surface area contributed by atoms with Crippen LogP contribution in [0.5, 0.6) is 0 Å². The van der Waals surface area contributed by atoms with Crippen LogP contribution < -0.4 is 5.73 Å². The second-order valence-corrected chi connectivity index (χ2v) is 2.10. The fourth-order valence-electron chi connectivity index (χ4n) is 0.499. The molecule has 3 heteroatoms. The summed E-state index contributed by atoms with van der Waals surface area (Å²) in [5.74, 6) is 0.609. The maximum Gasteiger partial charge on any atom is 0.104 e. The third kappa shape index (κ3) is 1.13. The molecule has 8 heavy (non-hydrogen) atoms. The Balaban J connectivity index is 2.73. The van der Waals surface area contributed by atoms with Crippen molar-refractivity contribution in [2.75, 3.05) is 0 Å². The van der Waals surface area contributed by atoms with E-state index in [0.717, 1.165) is 4.86 Å². The molecule has 0 bridgehead atoms. The zero-order chi connectivity index (χ0) is 5.98. The fraction of sp³-hybridized carbons (Fsp3) is 0.200. The topological polar surface area (TPSA) is 38.4 Å². The minimum absolute atomic E-state index is 0.609. The zero-order valence-corrected chi connectivity index (χ0v) is 5.11. The van der Waals surface area contributed by atoms with E-state index in [9.17, 15) is 0 Å². The predicted octanol–water partition coefficient (Wildman–Crippen LogP) is 0.631. The fourth-order valence-corrected chi connectivity index (χ4v) is 0.708. The molecule has 2 nitrogen and oxygen atoms in total. The smallest absolute Gasteiger partial charge is 0.104 e. The number of aliphatic imine (C=N–C) groups is 1. The van der Waals surface area contributed by atoms with Gasteiger partial charge in [-0.3, -0.25) is 0 Å². The SMILES string of the molecule is NC1=NC=CC(=S)C1. The Labute approximate surface area is 53.1 Å². The van der Waals surface area contributed by atoms with E-state index in [2.05, 4.69) is 4.99 Å². The van der Waals surface area contributed by atoms with Crippen LogP contribution in [0.3, 0.4) is 0 Å². The van der Waals surface area contributed by atoms with Gasteiger partial charge in [-0.25, -0.2) is 4.99 Å². The Kier molecular flexibility index (Phi) is 1.39. The van der Waals surface area contributed by atoms with E-state index in [1.54, 1.807) is 12.3 Å². The van der Waals surface area contributed by atoms with Crippen LogP contribution in [0.15, 0.2) is 17.3 Å². The van der Waals surface area contributed by atoms with Crippen LogP contribution >= 0.6 is 12.2 Å². The maximum absolute atomic E-state index is 5.34. The molecule has 0 amide bonds. The number of allylic oxidation sites excluding steroid dienone is 1. The van der Waals surface area contributed by atoms with Crippen molar-refractivity contribution in [1.82, 2.24) is 0 Å². The van der Waals surface area contributed by atoms with Gasteiger partial charge < -0.3 is 5.73 Å². The van der Waals surface area contributed by atoms with E-state index in [-0.39, 0.29) is 0 Å². The van der Waals surface area contributed by atoms with Crippen LogP contribution in [0, 0.1) is 0 Å². The Bertz CT molecular complexity index is 169. The highest BCUT2D eigenvalue weighted by atomic mass is 32.1. The zero-order valence-electron chi connectivity index (χ0n) is 4.29. The van der Waals surface area contributed by atoms with Gasteiger partial charge >= 0.3 is 0 Å². The first-order chi connectivity index (χ1) is 3.79. The molecule has 0 unspecified atom stereocenters. The van der Waals surface area contributed by atoms with Crippen LogP contribution in [-0.2, 0) is 0 Å². The first-order valence-corrected chi connectivity index (χ1v) is 2.71. The average Bonchev–Trinajstić information content (AvgIpc) is 1.64. The lowest BCUT2D eigenvalue weighted by atomic mass is 10.2. The molecule has 0 saturated heterocycles. The van der Waals surface area contributed by atoms with Crippen molar-refractivity contribution in [2.24, 2.45) is 10.7 Å². The van der Waals surface area contributed by atoms with Crippen molar-refractivity contribution in [2.45, 2.75) is 6.42 Å². The normalized spacial score (nSPS) is 18.5. The molecule has 0 saturated carbocycles. The first kappa shape index (κ1) is 5.44. The number of nitrogens with two attached hydrogens (primary N) is 1. The van der Waals surface area contributed by atoms with Gasteiger partial charge in [-0.1, -0.05) is 12.2 Å². The Hall–Kier alpha value is -0.700.